The van der Waals surface area contributed by atoms with Gasteiger partial charge >= 0.3 is 0 Å². The Morgan fingerprint density at radius 1 is 1.13 bits per heavy atom. The lowest BCUT2D eigenvalue weighted by molar-refractivity contribution is -0.118. The van der Waals surface area contributed by atoms with Gasteiger partial charge < -0.3 is 20.1 Å². The molecule has 0 fully saturated rings. The fraction of sp³-hybridized carbons (Fsp3) is 0.286. The maximum absolute atomic E-state index is 12.1. The lowest BCUT2D eigenvalue weighted by Gasteiger charge is -2.09. The predicted molar refractivity (Wildman–Crippen MR) is 121 cm³/mol. The minimum Gasteiger partial charge on any atom is -0.497 e. The van der Waals surface area contributed by atoms with Crippen molar-refractivity contribution < 1.29 is 14.3 Å². The van der Waals surface area contributed by atoms with Crippen LogP contribution in [0.4, 0.5) is 10.8 Å². The Bertz CT molecular complexity index is 947. The van der Waals surface area contributed by atoms with Gasteiger partial charge in [0.05, 0.1) is 25.2 Å². The standard InChI is InChI=1S/C21H24N4O3S2/c1-3-28-18-7-5-4-6-17(18)23-20-24-25-21(30-20)29-14-19(26)22-13-12-15-8-10-16(27-2)11-9-15/h4-11H,3,12-14H2,1-2H3,(H,22,26)(H,23,24). The Labute approximate surface area is 184 Å². The summed E-state index contributed by atoms with van der Waals surface area (Å²) >= 11 is 2.77. The van der Waals surface area contributed by atoms with Gasteiger partial charge in [-0.25, -0.2) is 0 Å². The van der Waals surface area contributed by atoms with Crippen molar-refractivity contribution in [1.29, 1.82) is 0 Å². The highest BCUT2D eigenvalue weighted by molar-refractivity contribution is 8.01. The van der Waals surface area contributed by atoms with Crippen LogP contribution < -0.4 is 20.1 Å². The van der Waals surface area contributed by atoms with Crippen molar-refractivity contribution in [2.24, 2.45) is 0 Å². The van der Waals surface area contributed by atoms with Crippen molar-refractivity contribution in [2.75, 3.05) is 31.3 Å². The van der Waals surface area contributed by atoms with Gasteiger partial charge in [0, 0.05) is 6.54 Å². The van der Waals surface area contributed by atoms with E-state index in [9.17, 15) is 4.79 Å². The van der Waals surface area contributed by atoms with Crippen molar-refractivity contribution in [1.82, 2.24) is 15.5 Å². The molecule has 7 nitrogen and oxygen atoms in total. The largest absolute Gasteiger partial charge is 0.497 e. The molecule has 2 N–H and O–H groups in total. The van der Waals surface area contributed by atoms with Crippen LogP contribution in [-0.2, 0) is 11.2 Å². The summed E-state index contributed by atoms with van der Waals surface area (Å²) in [5.41, 5.74) is 1.99. The predicted octanol–water partition coefficient (Wildman–Crippen LogP) is 4.14. The Kier molecular flexibility index (Phi) is 8.34. The number of carbonyl (C=O) groups is 1. The SMILES string of the molecule is CCOc1ccccc1Nc1nnc(SCC(=O)NCCc2ccc(OC)cc2)s1. The summed E-state index contributed by atoms with van der Waals surface area (Å²) < 4.78 is 11.5. The number of anilines is 2. The number of methoxy groups -OCH3 is 1. The number of hydrogen-bond donors (Lipinski definition) is 2. The summed E-state index contributed by atoms with van der Waals surface area (Å²) in [6.45, 7) is 3.12. The second-order valence-electron chi connectivity index (χ2n) is 6.16. The first-order valence-electron chi connectivity index (χ1n) is 9.52. The van der Waals surface area contributed by atoms with E-state index in [0.29, 0.717) is 24.0 Å². The molecule has 0 unspecified atom stereocenters. The highest BCUT2D eigenvalue weighted by Crippen LogP contribution is 2.31. The molecule has 3 aromatic rings. The van der Waals surface area contributed by atoms with Crippen LogP contribution in [0.5, 0.6) is 11.5 Å². The molecule has 0 bridgehead atoms. The average Bonchev–Trinajstić information content (AvgIpc) is 3.22. The fourth-order valence-corrected chi connectivity index (χ4v) is 4.20. The van der Waals surface area contributed by atoms with E-state index in [0.717, 1.165) is 33.5 Å². The molecule has 0 radical (unpaired) electrons. The van der Waals surface area contributed by atoms with Crippen molar-refractivity contribution in [3.8, 4) is 11.5 Å². The Morgan fingerprint density at radius 2 is 1.93 bits per heavy atom. The molecule has 0 saturated carbocycles. The zero-order valence-corrected chi connectivity index (χ0v) is 18.5. The first kappa shape index (κ1) is 21.9. The van der Waals surface area contributed by atoms with Crippen LogP contribution in [0.1, 0.15) is 12.5 Å². The minimum atomic E-state index is -0.0279. The van der Waals surface area contributed by atoms with Gasteiger partial charge in [-0.05, 0) is 43.2 Å². The van der Waals surface area contributed by atoms with Crippen molar-refractivity contribution in [3.63, 3.8) is 0 Å². The first-order valence-corrected chi connectivity index (χ1v) is 11.3. The van der Waals surface area contributed by atoms with Crippen LogP contribution >= 0.6 is 23.1 Å². The first-order chi connectivity index (χ1) is 14.7. The van der Waals surface area contributed by atoms with Crippen LogP contribution in [0.25, 0.3) is 0 Å². The Balaban J connectivity index is 1.42. The topological polar surface area (TPSA) is 85.4 Å². The number of amides is 1. The molecule has 2 aromatic carbocycles. The van der Waals surface area contributed by atoms with Crippen LogP contribution in [0, 0.1) is 0 Å². The Morgan fingerprint density at radius 3 is 2.70 bits per heavy atom. The third-order valence-electron chi connectivity index (χ3n) is 4.06. The minimum absolute atomic E-state index is 0.0279. The van der Waals surface area contributed by atoms with E-state index < -0.39 is 0 Å². The van der Waals surface area contributed by atoms with Gasteiger partial charge in [-0.15, -0.1) is 10.2 Å². The molecule has 0 aliphatic heterocycles. The van der Waals surface area contributed by atoms with Gasteiger partial charge in [0.2, 0.25) is 11.0 Å². The van der Waals surface area contributed by atoms with Gasteiger partial charge in [-0.1, -0.05) is 47.4 Å². The van der Waals surface area contributed by atoms with Gasteiger partial charge in [0.15, 0.2) is 4.34 Å². The van der Waals surface area contributed by atoms with E-state index in [-0.39, 0.29) is 5.91 Å². The zero-order valence-electron chi connectivity index (χ0n) is 16.9. The molecule has 9 heteroatoms. The summed E-state index contributed by atoms with van der Waals surface area (Å²) in [6.07, 6.45) is 0.770. The quantitative estimate of drug-likeness (QED) is 0.430. The lowest BCUT2D eigenvalue weighted by atomic mass is 10.1. The number of aromatic nitrogens is 2. The van der Waals surface area contributed by atoms with Crippen LogP contribution in [0.2, 0.25) is 0 Å². The molecule has 3 rings (SSSR count). The van der Waals surface area contributed by atoms with Gasteiger partial charge in [-0.2, -0.15) is 0 Å². The number of carbonyl (C=O) groups excluding carboxylic acids is 1. The highest BCUT2D eigenvalue weighted by Gasteiger charge is 2.10. The number of benzene rings is 2. The molecule has 1 heterocycles. The normalized spacial score (nSPS) is 10.5. The summed E-state index contributed by atoms with van der Waals surface area (Å²) in [5, 5.41) is 15.1. The molecular weight excluding hydrogens is 420 g/mol. The van der Waals surface area contributed by atoms with E-state index >= 15 is 0 Å². The number of hydrogen-bond acceptors (Lipinski definition) is 8. The lowest BCUT2D eigenvalue weighted by Crippen LogP contribution is -2.27. The highest BCUT2D eigenvalue weighted by atomic mass is 32.2. The van der Waals surface area contributed by atoms with Crippen LogP contribution in [0.15, 0.2) is 52.9 Å². The number of ether oxygens (including phenoxy) is 2. The van der Waals surface area contributed by atoms with Gasteiger partial charge in [-0.3, -0.25) is 4.79 Å². The third kappa shape index (κ3) is 6.64. The third-order valence-corrected chi connectivity index (χ3v) is 6.03. The summed E-state index contributed by atoms with van der Waals surface area (Å²) in [6, 6.07) is 15.5. The van der Waals surface area contributed by atoms with Gasteiger partial charge in [0.25, 0.3) is 0 Å². The number of rotatable bonds is 11. The van der Waals surface area contributed by atoms with E-state index in [1.54, 1.807) is 7.11 Å². The van der Waals surface area contributed by atoms with Crippen molar-refractivity contribution in [2.45, 2.75) is 17.7 Å². The molecule has 30 heavy (non-hydrogen) atoms. The Hall–Kier alpha value is -2.78. The van der Waals surface area contributed by atoms with E-state index in [1.807, 2.05) is 55.5 Å². The molecule has 1 amide bonds. The number of thioether (sulfide) groups is 1. The number of nitrogens with zero attached hydrogens (tertiary/aromatic N) is 2. The molecule has 158 valence electrons. The van der Waals surface area contributed by atoms with Crippen molar-refractivity contribution >= 4 is 39.8 Å². The second-order valence-corrected chi connectivity index (χ2v) is 8.36. The van der Waals surface area contributed by atoms with E-state index in [1.165, 1.54) is 23.1 Å². The summed E-state index contributed by atoms with van der Waals surface area (Å²) in [4.78, 5) is 12.1. The summed E-state index contributed by atoms with van der Waals surface area (Å²) in [5.74, 6) is 1.86. The molecule has 0 aliphatic rings. The molecule has 0 saturated heterocycles. The van der Waals surface area contributed by atoms with Crippen LogP contribution in [0.3, 0.4) is 0 Å². The summed E-state index contributed by atoms with van der Waals surface area (Å²) in [7, 11) is 1.64. The van der Waals surface area contributed by atoms with E-state index in [4.69, 9.17) is 9.47 Å². The van der Waals surface area contributed by atoms with Crippen LogP contribution in [-0.4, -0.2) is 42.1 Å². The molecule has 1 aromatic heterocycles. The number of nitrogens with one attached hydrogen (secondary N) is 2. The zero-order chi connectivity index (χ0) is 21.2. The molecule has 0 aliphatic carbocycles. The monoisotopic (exact) mass is 444 g/mol. The average molecular weight is 445 g/mol. The maximum Gasteiger partial charge on any atom is 0.230 e. The molecular formula is C21H24N4O3S2. The fourth-order valence-electron chi connectivity index (χ4n) is 2.60. The van der Waals surface area contributed by atoms with E-state index in [2.05, 4.69) is 20.8 Å². The van der Waals surface area contributed by atoms with Gasteiger partial charge in [0.1, 0.15) is 11.5 Å². The number of para-hydroxylation sites is 2. The molecule has 0 spiro atoms. The smallest absolute Gasteiger partial charge is 0.230 e. The second kappa shape index (κ2) is 11.4. The maximum atomic E-state index is 12.1. The van der Waals surface area contributed by atoms with Crippen molar-refractivity contribution in [3.05, 3.63) is 54.1 Å². The molecule has 0 atom stereocenters.